The van der Waals surface area contributed by atoms with Crippen molar-refractivity contribution in [2.24, 2.45) is 0 Å². The van der Waals surface area contributed by atoms with Gasteiger partial charge in [0.15, 0.2) is 0 Å². The molecule has 9 nitrogen and oxygen atoms in total. The van der Waals surface area contributed by atoms with Crippen LogP contribution in [0, 0.1) is 13.8 Å². The number of fused-ring (bicyclic) bond motifs is 1. The van der Waals surface area contributed by atoms with Crippen LogP contribution in [0.1, 0.15) is 58.3 Å². The van der Waals surface area contributed by atoms with E-state index < -0.39 is 0 Å². The lowest BCUT2D eigenvalue weighted by Crippen LogP contribution is -2.35. The monoisotopic (exact) mass is 608 g/mol. The van der Waals surface area contributed by atoms with Crippen molar-refractivity contribution in [1.82, 2.24) is 15.1 Å². The van der Waals surface area contributed by atoms with Crippen LogP contribution in [0.4, 0.5) is 5.69 Å². The van der Waals surface area contributed by atoms with E-state index in [0.717, 1.165) is 52.1 Å². The minimum atomic E-state index is -0.368. The molecule has 0 atom stereocenters. The van der Waals surface area contributed by atoms with Crippen LogP contribution in [0.3, 0.4) is 0 Å². The van der Waals surface area contributed by atoms with Gasteiger partial charge in [0.25, 0.3) is 5.91 Å². The van der Waals surface area contributed by atoms with Crippen LogP contribution in [0.2, 0.25) is 0 Å². The normalized spacial score (nSPS) is 12.4. The van der Waals surface area contributed by atoms with E-state index in [1.54, 1.807) is 6.07 Å². The highest BCUT2D eigenvalue weighted by molar-refractivity contribution is 5.96. The standard InChI is InChI=1S/C36H40N4O5/c1-25-9-4-15-33(26(25)2)45-20-8-16-34(41)40-19-7-13-31-30(12-6-14-32(31)40)29-22-38-39(24-29)23-27-10-5-11-28(21-27)36(43)37-18-17-35(42)44-3/h4-6,9-12,14-15,21-22,24H,7-8,13,16-20,23H2,1-3H3,(H,37,43). The summed E-state index contributed by atoms with van der Waals surface area (Å²) < 4.78 is 12.4. The number of nitrogens with zero attached hydrogens (tertiary/aromatic N) is 3. The van der Waals surface area contributed by atoms with Gasteiger partial charge in [-0.1, -0.05) is 36.4 Å². The molecule has 45 heavy (non-hydrogen) atoms. The molecule has 4 aromatic rings. The third-order valence-corrected chi connectivity index (χ3v) is 8.22. The number of anilines is 1. The van der Waals surface area contributed by atoms with Crippen molar-refractivity contribution in [1.29, 1.82) is 0 Å². The van der Waals surface area contributed by atoms with Gasteiger partial charge in [0.05, 0.1) is 32.9 Å². The number of ether oxygens (including phenoxy) is 2. The average Bonchev–Trinajstić information content (AvgIpc) is 3.52. The van der Waals surface area contributed by atoms with E-state index >= 15 is 0 Å². The summed E-state index contributed by atoms with van der Waals surface area (Å²) in [4.78, 5) is 39.1. The highest BCUT2D eigenvalue weighted by atomic mass is 16.5. The van der Waals surface area contributed by atoms with Crippen molar-refractivity contribution in [2.45, 2.75) is 52.5 Å². The highest BCUT2D eigenvalue weighted by Crippen LogP contribution is 2.36. The predicted molar refractivity (Wildman–Crippen MR) is 173 cm³/mol. The SMILES string of the molecule is COC(=O)CCNC(=O)c1cccc(Cn2cc(-c3cccc4c3CCCN4C(=O)CCCOc3cccc(C)c3C)cn2)c1. The van der Waals surface area contributed by atoms with Gasteiger partial charge in [0, 0.05) is 42.5 Å². The number of amides is 2. The zero-order valence-electron chi connectivity index (χ0n) is 26.2. The molecular weight excluding hydrogens is 568 g/mol. The number of carbonyl (C=O) groups excluding carboxylic acids is 3. The first-order chi connectivity index (χ1) is 21.8. The summed E-state index contributed by atoms with van der Waals surface area (Å²) in [5, 5.41) is 7.35. The van der Waals surface area contributed by atoms with Gasteiger partial charge in [-0.15, -0.1) is 0 Å². The molecule has 5 rings (SSSR count). The largest absolute Gasteiger partial charge is 0.493 e. The first-order valence-electron chi connectivity index (χ1n) is 15.4. The molecule has 1 N–H and O–H groups in total. The van der Waals surface area contributed by atoms with Crippen molar-refractivity contribution in [3.8, 4) is 16.9 Å². The molecule has 0 unspecified atom stereocenters. The van der Waals surface area contributed by atoms with Gasteiger partial charge in [-0.25, -0.2) is 0 Å². The van der Waals surface area contributed by atoms with Gasteiger partial charge < -0.3 is 19.7 Å². The number of carbonyl (C=O) groups is 3. The van der Waals surface area contributed by atoms with Crippen molar-refractivity contribution in [3.63, 3.8) is 0 Å². The molecule has 2 amide bonds. The van der Waals surface area contributed by atoms with Crippen LogP contribution in [-0.4, -0.2) is 54.4 Å². The molecule has 2 heterocycles. The zero-order chi connectivity index (χ0) is 31.8. The minimum absolute atomic E-state index is 0.113. The molecule has 9 heteroatoms. The third-order valence-electron chi connectivity index (χ3n) is 8.22. The van der Waals surface area contributed by atoms with Crippen LogP contribution in [0.15, 0.2) is 73.1 Å². The minimum Gasteiger partial charge on any atom is -0.493 e. The van der Waals surface area contributed by atoms with Gasteiger partial charge in [-0.2, -0.15) is 5.10 Å². The molecule has 1 aliphatic rings. The number of hydrogen-bond acceptors (Lipinski definition) is 6. The number of methoxy groups -OCH3 is 1. The lowest BCUT2D eigenvalue weighted by molar-refractivity contribution is -0.140. The Hall–Kier alpha value is -4.92. The summed E-state index contributed by atoms with van der Waals surface area (Å²) in [6.45, 7) is 6.04. The summed E-state index contributed by atoms with van der Waals surface area (Å²) in [6.07, 6.45) is 6.85. The van der Waals surface area contributed by atoms with Gasteiger partial charge >= 0.3 is 5.97 Å². The van der Waals surface area contributed by atoms with Gasteiger partial charge in [0.1, 0.15) is 5.75 Å². The Morgan fingerprint density at radius 2 is 1.82 bits per heavy atom. The second kappa shape index (κ2) is 14.7. The smallest absolute Gasteiger partial charge is 0.307 e. The molecular formula is C36H40N4O5. The number of aryl methyl sites for hydroxylation is 1. The molecule has 0 saturated heterocycles. The Morgan fingerprint density at radius 3 is 2.67 bits per heavy atom. The molecule has 1 aliphatic heterocycles. The van der Waals surface area contributed by atoms with E-state index in [0.29, 0.717) is 38.1 Å². The Morgan fingerprint density at radius 1 is 1.00 bits per heavy atom. The molecule has 0 spiro atoms. The fourth-order valence-electron chi connectivity index (χ4n) is 5.64. The van der Waals surface area contributed by atoms with E-state index in [-0.39, 0.29) is 30.7 Å². The van der Waals surface area contributed by atoms with Crippen LogP contribution in [0.5, 0.6) is 5.75 Å². The summed E-state index contributed by atoms with van der Waals surface area (Å²) in [6, 6.07) is 19.5. The second-order valence-electron chi connectivity index (χ2n) is 11.3. The summed E-state index contributed by atoms with van der Waals surface area (Å²) in [5.74, 6) is 0.377. The van der Waals surface area contributed by atoms with Gasteiger partial charge in [-0.05, 0) is 85.2 Å². The van der Waals surface area contributed by atoms with Gasteiger partial charge in [0.2, 0.25) is 5.91 Å². The number of aromatic nitrogens is 2. The van der Waals surface area contributed by atoms with Crippen molar-refractivity contribution in [2.75, 3.05) is 31.7 Å². The summed E-state index contributed by atoms with van der Waals surface area (Å²) >= 11 is 0. The van der Waals surface area contributed by atoms with E-state index in [2.05, 4.69) is 41.1 Å². The molecule has 0 fully saturated rings. The van der Waals surface area contributed by atoms with Crippen LogP contribution >= 0.6 is 0 Å². The first kappa shape index (κ1) is 31.5. The Kier molecular flexibility index (Phi) is 10.3. The number of rotatable bonds is 12. The number of hydrogen-bond donors (Lipinski definition) is 1. The summed E-state index contributed by atoms with van der Waals surface area (Å²) in [7, 11) is 1.32. The zero-order valence-corrected chi connectivity index (χ0v) is 26.2. The maximum atomic E-state index is 13.3. The number of nitrogens with one attached hydrogen (secondary N) is 1. The van der Waals surface area contributed by atoms with Crippen molar-refractivity contribution in [3.05, 3.63) is 101 Å². The predicted octanol–water partition coefficient (Wildman–Crippen LogP) is 5.65. The third kappa shape index (κ3) is 7.78. The fraction of sp³-hybridized carbons (Fsp3) is 0.333. The lowest BCUT2D eigenvalue weighted by atomic mass is 9.93. The maximum Gasteiger partial charge on any atom is 0.307 e. The molecule has 0 aliphatic carbocycles. The maximum absolute atomic E-state index is 13.3. The van der Waals surface area contributed by atoms with Gasteiger partial charge in [-0.3, -0.25) is 19.1 Å². The van der Waals surface area contributed by atoms with Crippen molar-refractivity contribution >= 4 is 23.5 Å². The molecule has 3 aromatic carbocycles. The number of benzene rings is 3. The Labute approximate surface area is 264 Å². The first-order valence-corrected chi connectivity index (χ1v) is 15.4. The van der Waals surface area contributed by atoms with Crippen LogP contribution < -0.4 is 15.0 Å². The lowest BCUT2D eigenvalue weighted by Gasteiger charge is -2.31. The Balaban J connectivity index is 1.21. The quantitative estimate of drug-likeness (QED) is 0.165. The van der Waals surface area contributed by atoms with Crippen LogP contribution in [-0.2, 0) is 27.3 Å². The Bertz CT molecular complexity index is 1680. The van der Waals surface area contributed by atoms with E-state index in [1.807, 2.05) is 64.4 Å². The van der Waals surface area contributed by atoms with E-state index in [9.17, 15) is 14.4 Å². The molecule has 0 saturated carbocycles. The van der Waals surface area contributed by atoms with Crippen molar-refractivity contribution < 1.29 is 23.9 Å². The van der Waals surface area contributed by atoms with Crippen LogP contribution in [0.25, 0.3) is 11.1 Å². The topological polar surface area (TPSA) is 103 Å². The van der Waals surface area contributed by atoms with E-state index in [1.165, 1.54) is 12.7 Å². The fourth-order valence-corrected chi connectivity index (χ4v) is 5.64. The number of esters is 1. The molecule has 234 valence electrons. The molecule has 1 aromatic heterocycles. The highest BCUT2D eigenvalue weighted by Gasteiger charge is 2.25. The van der Waals surface area contributed by atoms with E-state index in [4.69, 9.17) is 4.74 Å². The molecule has 0 bridgehead atoms. The second-order valence-corrected chi connectivity index (χ2v) is 11.3. The molecule has 0 radical (unpaired) electrons. The summed E-state index contributed by atoms with van der Waals surface area (Å²) in [5.41, 5.74) is 7.97. The average molecular weight is 609 g/mol.